The molecule has 0 spiro atoms. The van der Waals surface area contributed by atoms with Gasteiger partial charge in [0, 0.05) is 58.9 Å². The van der Waals surface area contributed by atoms with Crippen molar-refractivity contribution in [2.75, 3.05) is 47.6 Å². The molecule has 0 aromatic heterocycles. The van der Waals surface area contributed by atoms with E-state index < -0.39 is 5.41 Å². The highest BCUT2D eigenvalue weighted by atomic mass is 16.5. The number of ether oxygens (including phenoxy) is 3. The van der Waals surface area contributed by atoms with Crippen molar-refractivity contribution in [1.82, 2.24) is 9.80 Å². The normalized spacial score (nSPS) is 23.1. The minimum atomic E-state index is -1.27. The topological polar surface area (TPSA) is 85.4 Å². The summed E-state index contributed by atoms with van der Waals surface area (Å²) < 4.78 is 16.4. The highest BCUT2D eigenvalue weighted by Gasteiger charge is 2.55. The number of benzene rings is 1. The average molecular weight is 461 g/mol. The molecule has 0 saturated carbocycles. The Morgan fingerprint density at radius 3 is 2.73 bits per heavy atom. The fourth-order valence-electron chi connectivity index (χ4n) is 4.77. The number of carbonyl (C=O) groups excluding carboxylic acids is 3. The lowest BCUT2D eigenvalue weighted by atomic mass is 9.75. The molecule has 2 aliphatic rings. The van der Waals surface area contributed by atoms with Crippen molar-refractivity contribution in [1.29, 1.82) is 0 Å². The van der Waals surface area contributed by atoms with E-state index in [4.69, 9.17) is 14.2 Å². The Labute approximate surface area is 196 Å². The lowest BCUT2D eigenvalue weighted by molar-refractivity contribution is -0.142. The molecular formula is C25H36N2O6. The summed E-state index contributed by atoms with van der Waals surface area (Å²) in [4.78, 5) is 42.9. The summed E-state index contributed by atoms with van der Waals surface area (Å²) in [6.07, 6.45) is 4.59. The molecule has 0 N–H and O–H groups in total. The molecule has 8 heteroatoms. The van der Waals surface area contributed by atoms with E-state index in [-0.39, 0.29) is 43.2 Å². The van der Waals surface area contributed by atoms with Crippen LogP contribution in [0, 0.1) is 0 Å². The van der Waals surface area contributed by atoms with E-state index in [0.717, 1.165) is 32.3 Å². The van der Waals surface area contributed by atoms with Gasteiger partial charge in [-0.05, 0) is 38.2 Å². The number of para-hydroxylation sites is 1. The molecule has 0 bridgehead atoms. The summed E-state index contributed by atoms with van der Waals surface area (Å²) in [6, 6.07) is 7.16. The SMILES string of the molecule is COCCCN1C(=O)C[C@@](CC(=O)N(C)CC[C@@H]2CCCCO2)(c2ccccc2OC)C1=O. The highest BCUT2D eigenvalue weighted by Crippen LogP contribution is 2.44. The summed E-state index contributed by atoms with van der Waals surface area (Å²) in [5.41, 5.74) is -0.693. The van der Waals surface area contributed by atoms with Gasteiger partial charge in [0.25, 0.3) is 0 Å². The fourth-order valence-corrected chi connectivity index (χ4v) is 4.77. The van der Waals surface area contributed by atoms with Crippen LogP contribution >= 0.6 is 0 Å². The van der Waals surface area contributed by atoms with Crippen molar-refractivity contribution in [2.45, 2.75) is 56.5 Å². The van der Waals surface area contributed by atoms with E-state index >= 15 is 0 Å². The van der Waals surface area contributed by atoms with Gasteiger partial charge in [0.2, 0.25) is 17.7 Å². The zero-order valence-electron chi connectivity index (χ0n) is 20.0. The van der Waals surface area contributed by atoms with E-state index in [2.05, 4.69) is 0 Å². The molecule has 1 aromatic rings. The summed E-state index contributed by atoms with van der Waals surface area (Å²) >= 11 is 0. The largest absolute Gasteiger partial charge is 0.496 e. The van der Waals surface area contributed by atoms with Crippen LogP contribution in [0.4, 0.5) is 0 Å². The zero-order valence-corrected chi connectivity index (χ0v) is 20.0. The molecule has 0 radical (unpaired) electrons. The number of rotatable bonds is 11. The van der Waals surface area contributed by atoms with Crippen molar-refractivity contribution in [3.05, 3.63) is 29.8 Å². The zero-order chi connectivity index (χ0) is 23.8. The number of amides is 3. The third-order valence-corrected chi connectivity index (χ3v) is 6.70. The first-order chi connectivity index (χ1) is 15.9. The summed E-state index contributed by atoms with van der Waals surface area (Å²) in [7, 11) is 4.86. The quantitative estimate of drug-likeness (QED) is 0.373. The van der Waals surface area contributed by atoms with Crippen LogP contribution in [-0.2, 0) is 29.3 Å². The average Bonchev–Trinajstić information content (AvgIpc) is 3.07. The molecule has 182 valence electrons. The second-order valence-electron chi connectivity index (χ2n) is 8.93. The van der Waals surface area contributed by atoms with Crippen LogP contribution in [0.25, 0.3) is 0 Å². The number of hydrogen-bond donors (Lipinski definition) is 0. The van der Waals surface area contributed by atoms with Gasteiger partial charge in [-0.3, -0.25) is 19.3 Å². The van der Waals surface area contributed by atoms with Gasteiger partial charge in [-0.2, -0.15) is 0 Å². The highest BCUT2D eigenvalue weighted by molar-refractivity contribution is 6.11. The molecule has 2 atom stereocenters. The van der Waals surface area contributed by atoms with Gasteiger partial charge in [0.1, 0.15) is 5.75 Å². The van der Waals surface area contributed by atoms with Gasteiger partial charge >= 0.3 is 0 Å². The lowest BCUT2D eigenvalue weighted by Gasteiger charge is -2.31. The Kier molecular flexibility index (Phi) is 8.86. The number of likely N-dealkylation sites (tertiary alicyclic amines) is 1. The second-order valence-corrected chi connectivity index (χ2v) is 8.93. The predicted octanol–water partition coefficient (Wildman–Crippen LogP) is 2.54. The molecule has 2 fully saturated rings. The molecule has 2 heterocycles. The second kappa shape index (κ2) is 11.6. The molecule has 2 saturated heterocycles. The maximum atomic E-state index is 13.7. The van der Waals surface area contributed by atoms with Gasteiger partial charge in [-0.15, -0.1) is 0 Å². The molecule has 33 heavy (non-hydrogen) atoms. The lowest BCUT2D eigenvalue weighted by Crippen LogP contribution is -2.43. The van der Waals surface area contributed by atoms with E-state index in [1.54, 1.807) is 37.3 Å². The van der Waals surface area contributed by atoms with E-state index in [1.807, 2.05) is 6.07 Å². The number of nitrogens with zero attached hydrogens (tertiary/aromatic N) is 2. The van der Waals surface area contributed by atoms with Crippen LogP contribution in [0.3, 0.4) is 0 Å². The Balaban J connectivity index is 1.81. The molecular weight excluding hydrogens is 424 g/mol. The van der Waals surface area contributed by atoms with Crippen LogP contribution in [0.1, 0.15) is 50.5 Å². The Bertz CT molecular complexity index is 838. The number of hydrogen-bond acceptors (Lipinski definition) is 6. The minimum Gasteiger partial charge on any atom is -0.496 e. The summed E-state index contributed by atoms with van der Waals surface area (Å²) in [5.74, 6) is -0.279. The molecule has 2 aliphatic heterocycles. The molecule has 8 nitrogen and oxygen atoms in total. The monoisotopic (exact) mass is 460 g/mol. The van der Waals surface area contributed by atoms with E-state index in [0.29, 0.717) is 30.9 Å². The van der Waals surface area contributed by atoms with Crippen molar-refractivity contribution in [3.8, 4) is 5.75 Å². The first kappa shape index (κ1) is 25.2. The van der Waals surface area contributed by atoms with Gasteiger partial charge in [0.05, 0.1) is 18.6 Å². The van der Waals surface area contributed by atoms with Gasteiger partial charge < -0.3 is 19.1 Å². The third kappa shape index (κ3) is 5.73. The maximum Gasteiger partial charge on any atom is 0.241 e. The smallest absolute Gasteiger partial charge is 0.241 e. The number of carbonyl (C=O) groups is 3. The van der Waals surface area contributed by atoms with E-state index in [9.17, 15) is 14.4 Å². The van der Waals surface area contributed by atoms with Crippen LogP contribution in [0.5, 0.6) is 5.75 Å². The molecule has 3 rings (SSSR count). The van der Waals surface area contributed by atoms with Crippen molar-refractivity contribution in [3.63, 3.8) is 0 Å². The first-order valence-electron chi connectivity index (χ1n) is 11.8. The van der Waals surface area contributed by atoms with Crippen LogP contribution in [-0.4, -0.2) is 81.2 Å². The fraction of sp³-hybridized carbons (Fsp3) is 0.640. The number of imide groups is 1. The van der Waals surface area contributed by atoms with Crippen LogP contribution in [0.2, 0.25) is 0 Å². The molecule has 3 amide bonds. The van der Waals surface area contributed by atoms with E-state index in [1.165, 1.54) is 12.0 Å². The molecule has 1 aromatic carbocycles. The predicted molar refractivity (Wildman–Crippen MR) is 123 cm³/mol. The van der Waals surface area contributed by atoms with Crippen molar-refractivity contribution in [2.24, 2.45) is 0 Å². The van der Waals surface area contributed by atoms with Gasteiger partial charge in [-0.25, -0.2) is 0 Å². The van der Waals surface area contributed by atoms with Gasteiger partial charge in [0.15, 0.2) is 0 Å². The van der Waals surface area contributed by atoms with Gasteiger partial charge in [-0.1, -0.05) is 18.2 Å². The van der Waals surface area contributed by atoms with Crippen molar-refractivity contribution >= 4 is 17.7 Å². The Morgan fingerprint density at radius 1 is 1.24 bits per heavy atom. The first-order valence-corrected chi connectivity index (χ1v) is 11.8. The maximum absolute atomic E-state index is 13.7. The minimum absolute atomic E-state index is 0.0511. The Hall–Kier alpha value is -2.45. The molecule has 0 aliphatic carbocycles. The third-order valence-electron chi connectivity index (χ3n) is 6.70. The standard InChI is InChI=1S/C25H36N2O6/c1-26(14-12-19-9-6-7-16-33-19)22(28)17-25(20-10-4-5-11-21(20)32-3)18-23(29)27(24(25)30)13-8-15-31-2/h4-5,10-11,19H,6-9,12-18H2,1-3H3/t19-,25-/m0/s1. The van der Waals surface area contributed by atoms with Crippen molar-refractivity contribution < 1.29 is 28.6 Å². The summed E-state index contributed by atoms with van der Waals surface area (Å²) in [6.45, 7) is 2.04. The Morgan fingerprint density at radius 2 is 2.03 bits per heavy atom. The van der Waals surface area contributed by atoms with Crippen LogP contribution < -0.4 is 4.74 Å². The molecule has 0 unspecified atom stereocenters. The summed E-state index contributed by atoms with van der Waals surface area (Å²) in [5, 5.41) is 0. The number of methoxy groups -OCH3 is 2. The van der Waals surface area contributed by atoms with Crippen LogP contribution in [0.15, 0.2) is 24.3 Å².